The molecule has 1 unspecified atom stereocenters. The Morgan fingerprint density at radius 3 is 3.18 bits per heavy atom. The fraction of sp³-hybridized carbons (Fsp3) is 0.455. The highest BCUT2D eigenvalue weighted by molar-refractivity contribution is 7.99. The maximum atomic E-state index is 13.0. The fourth-order valence-corrected chi connectivity index (χ4v) is 2.94. The quantitative estimate of drug-likeness (QED) is 0.881. The number of carboxylic acid groups (broad SMARTS) is 1. The van der Waals surface area contributed by atoms with Gasteiger partial charge in [-0.1, -0.05) is 0 Å². The van der Waals surface area contributed by atoms with Gasteiger partial charge in [-0.05, 0) is 11.6 Å². The molecule has 0 saturated carbocycles. The van der Waals surface area contributed by atoms with Crippen LogP contribution < -0.4 is 0 Å². The highest BCUT2D eigenvalue weighted by Gasteiger charge is 2.28. The van der Waals surface area contributed by atoms with Crippen molar-refractivity contribution >= 4 is 17.7 Å². The van der Waals surface area contributed by atoms with Gasteiger partial charge in [0.15, 0.2) is 0 Å². The normalized spacial score (nSPS) is 21.4. The monoisotopic (exact) mass is 256 g/mol. The molecule has 2 rings (SSSR count). The molecule has 1 N–H and O–H groups in total. The number of aromatic nitrogens is 1. The lowest BCUT2D eigenvalue weighted by atomic mass is 10.2. The molecule has 1 aliphatic heterocycles. The number of aliphatic carboxylic acids is 1. The Kier molecular flexibility index (Phi) is 3.96. The number of carbonyl (C=O) groups is 1. The van der Waals surface area contributed by atoms with Gasteiger partial charge >= 0.3 is 5.97 Å². The molecule has 0 amide bonds. The predicted octanol–water partition coefficient (Wildman–Crippen LogP) is 1.22. The Morgan fingerprint density at radius 1 is 1.65 bits per heavy atom. The van der Waals surface area contributed by atoms with Crippen molar-refractivity contribution in [3.8, 4) is 0 Å². The third-order valence-corrected chi connectivity index (χ3v) is 3.69. The third-order valence-electron chi connectivity index (χ3n) is 2.67. The SMILES string of the molecule is O=C(O)C1CSCCN1Cc1cncc(F)c1. The third kappa shape index (κ3) is 3.17. The number of nitrogens with zero attached hydrogens (tertiary/aromatic N) is 2. The number of halogens is 1. The maximum absolute atomic E-state index is 13.0. The molecule has 0 spiro atoms. The van der Waals surface area contributed by atoms with Gasteiger partial charge in [0.05, 0.1) is 6.20 Å². The zero-order chi connectivity index (χ0) is 12.3. The van der Waals surface area contributed by atoms with Crippen LogP contribution in [0.3, 0.4) is 0 Å². The van der Waals surface area contributed by atoms with E-state index in [0.29, 0.717) is 24.4 Å². The Morgan fingerprint density at radius 2 is 2.47 bits per heavy atom. The molecule has 0 bridgehead atoms. The van der Waals surface area contributed by atoms with Crippen molar-refractivity contribution in [3.05, 3.63) is 29.8 Å². The highest BCUT2D eigenvalue weighted by atomic mass is 32.2. The number of hydrogen-bond donors (Lipinski definition) is 1. The summed E-state index contributed by atoms with van der Waals surface area (Å²) in [5.74, 6) is 0.284. The summed E-state index contributed by atoms with van der Waals surface area (Å²) < 4.78 is 13.0. The molecule has 1 fully saturated rings. The summed E-state index contributed by atoms with van der Waals surface area (Å²) in [4.78, 5) is 16.7. The number of pyridine rings is 1. The lowest BCUT2D eigenvalue weighted by Crippen LogP contribution is -2.46. The van der Waals surface area contributed by atoms with Gasteiger partial charge in [-0.25, -0.2) is 4.39 Å². The number of carboxylic acids is 1. The standard InChI is InChI=1S/C11H13FN2O2S/c12-9-3-8(4-13-5-9)6-14-1-2-17-7-10(14)11(15)16/h3-5,10H,1-2,6-7H2,(H,15,16). The van der Waals surface area contributed by atoms with E-state index in [1.807, 2.05) is 4.90 Å². The summed E-state index contributed by atoms with van der Waals surface area (Å²) in [6, 6.07) is 0.908. The summed E-state index contributed by atoms with van der Waals surface area (Å²) in [5, 5.41) is 9.10. The molecule has 1 aromatic rings. The van der Waals surface area contributed by atoms with Crippen molar-refractivity contribution in [1.29, 1.82) is 0 Å². The smallest absolute Gasteiger partial charge is 0.321 e. The van der Waals surface area contributed by atoms with Crippen LogP contribution in [0.4, 0.5) is 4.39 Å². The molecule has 17 heavy (non-hydrogen) atoms. The average Bonchev–Trinajstić information content (AvgIpc) is 2.29. The highest BCUT2D eigenvalue weighted by Crippen LogP contribution is 2.19. The summed E-state index contributed by atoms with van der Waals surface area (Å²) >= 11 is 1.64. The van der Waals surface area contributed by atoms with Crippen LogP contribution in [-0.4, -0.2) is 45.1 Å². The molecule has 0 aromatic carbocycles. The lowest BCUT2D eigenvalue weighted by Gasteiger charge is -2.32. The minimum atomic E-state index is -0.818. The molecule has 6 heteroatoms. The van der Waals surface area contributed by atoms with E-state index in [1.54, 1.807) is 18.0 Å². The van der Waals surface area contributed by atoms with E-state index >= 15 is 0 Å². The van der Waals surface area contributed by atoms with Gasteiger partial charge in [0, 0.05) is 30.8 Å². The minimum absolute atomic E-state index is 0.388. The van der Waals surface area contributed by atoms with Crippen molar-refractivity contribution in [2.24, 2.45) is 0 Å². The van der Waals surface area contributed by atoms with Crippen LogP contribution in [0.15, 0.2) is 18.5 Å². The predicted molar refractivity (Wildman–Crippen MR) is 63.4 cm³/mol. The van der Waals surface area contributed by atoms with Crippen LogP contribution in [-0.2, 0) is 11.3 Å². The molecule has 0 aliphatic carbocycles. The Bertz CT molecular complexity index is 416. The maximum Gasteiger partial charge on any atom is 0.321 e. The Hall–Kier alpha value is -1.14. The molecule has 0 radical (unpaired) electrons. The first-order valence-electron chi connectivity index (χ1n) is 5.31. The molecule has 2 heterocycles. The van der Waals surface area contributed by atoms with E-state index in [-0.39, 0.29) is 5.82 Å². The molecule has 92 valence electrons. The van der Waals surface area contributed by atoms with Gasteiger partial charge in [-0.3, -0.25) is 14.7 Å². The van der Waals surface area contributed by atoms with Gasteiger partial charge in [-0.2, -0.15) is 11.8 Å². The van der Waals surface area contributed by atoms with Crippen molar-refractivity contribution in [2.45, 2.75) is 12.6 Å². The Labute approximate surface area is 103 Å². The van der Waals surface area contributed by atoms with E-state index in [0.717, 1.165) is 11.9 Å². The van der Waals surface area contributed by atoms with Crippen molar-refractivity contribution in [1.82, 2.24) is 9.88 Å². The molecule has 1 aliphatic rings. The number of thioether (sulfide) groups is 1. The number of hydrogen-bond acceptors (Lipinski definition) is 4. The largest absolute Gasteiger partial charge is 0.480 e. The zero-order valence-electron chi connectivity index (χ0n) is 9.17. The second kappa shape index (κ2) is 5.46. The summed E-state index contributed by atoms with van der Waals surface area (Å²) in [6.07, 6.45) is 2.72. The second-order valence-corrected chi connectivity index (χ2v) is 5.06. The van der Waals surface area contributed by atoms with Crippen LogP contribution in [0.1, 0.15) is 5.56 Å². The zero-order valence-corrected chi connectivity index (χ0v) is 9.99. The van der Waals surface area contributed by atoms with Crippen molar-refractivity contribution in [3.63, 3.8) is 0 Å². The molecule has 1 saturated heterocycles. The van der Waals surface area contributed by atoms with Crippen LogP contribution in [0.5, 0.6) is 0 Å². The number of rotatable bonds is 3. The van der Waals surface area contributed by atoms with Crippen molar-refractivity contribution in [2.75, 3.05) is 18.1 Å². The first-order valence-corrected chi connectivity index (χ1v) is 6.46. The van der Waals surface area contributed by atoms with Crippen LogP contribution in [0.25, 0.3) is 0 Å². The molecular weight excluding hydrogens is 243 g/mol. The van der Waals surface area contributed by atoms with Gasteiger partial charge in [0.25, 0.3) is 0 Å². The molecule has 4 nitrogen and oxygen atoms in total. The Balaban J connectivity index is 2.08. The topological polar surface area (TPSA) is 53.4 Å². The van der Waals surface area contributed by atoms with Gasteiger partial charge in [0.2, 0.25) is 0 Å². The van der Waals surface area contributed by atoms with Gasteiger partial charge in [0.1, 0.15) is 11.9 Å². The van der Waals surface area contributed by atoms with Crippen LogP contribution >= 0.6 is 11.8 Å². The first kappa shape index (κ1) is 12.3. The van der Waals surface area contributed by atoms with Gasteiger partial charge < -0.3 is 5.11 Å². The average molecular weight is 256 g/mol. The van der Waals surface area contributed by atoms with Gasteiger partial charge in [-0.15, -0.1) is 0 Å². The summed E-state index contributed by atoms with van der Waals surface area (Å²) in [5.41, 5.74) is 0.711. The van der Waals surface area contributed by atoms with E-state index < -0.39 is 12.0 Å². The van der Waals surface area contributed by atoms with Crippen molar-refractivity contribution < 1.29 is 14.3 Å². The fourth-order valence-electron chi connectivity index (χ4n) is 1.83. The van der Waals surface area contributed by atoms with E-state index in [2.05, 4.69) is 4.98 Å². The van der Waals surface area contributed by atoms with E-state index in [9.17, 15) is 9.18 Å². The molecule has 1 atom stereocenters. The summed E-state index contributed by atoms with van der Waals surface area (Å²) in [7, 11) is 0. The molecular formula is C11H13FN2O2S. The second-order valence-electron chi connectivity index (χ2n) is 3.91. The van der Waals surface area contributed by atoms with Crippen LogP contribution in [0.2, 0.25) is 0 Å². The first-order chi connectivity index (χ1) is 8.16. The summed E-state index contributed by atoms with van der Waals surface area (Å²) in [6.45, 7) is 1.14. The lowest BCUT2D eigenvalue weighted by molar-refractivity contribution is -0.142. The van der Waals surface area contributed by atoms with E-state index in [1.165, 1.54) is 6.07 Å². The van der Waals surface area contributed by atoms with E-state index in [4.69, 9.17) is 5.11 Å². The van der Waals surface area contributed by atoms with Crippen LogP contribution in [0, 0.1) is 5.82 Å². The minimum Gasteiger partial charge on any atom is -0.480 e. The molecule has 1 aromatic heterocycles.